The molecular weight excluding hydrogens is 291 g/mol. The van der Waals surface area contributed by atoms with Crippen LogP contribution in [0.4, 0.5) is 0 Å². The number of ketones is 1. The Labute approximate surface area is 145 Å². The van der Waals surface area contributed by atoms with Gasteiger partial charge in [-0.3, -0.25) is 4.79 Å². The lowest BCUT2D eigenvalue weighted by atomic mass is 9.49. The third-order valence-electron chi connectivity index (χ3n) is 4.09. The van der Waals surface area contributed by atoms with Crippen LogP contribution in [0.15, 0.2) is 78.9 Å². The zero-order chi connectivity index (χ0) is 16.2. The Hall–Kier alpha value is -2.61. The molecule has 0 fully saturated rings. The van der Waals surface area contributed by atoms with Crippen LogP contribution in [-0.2, 0) is 0 Å². The second-order valence-corrected chi connectivity index (χ2v) is 6.05. The van der Waals surface area contributed by atoms with Crippen molar-refractivity contribution in [2.24, 2.45) is 0 Å². The van der Waals surface area contributed by atoms with E-state index >= 15 is 0 Å². The van der Waals surface area contributed by atoms with Crippen LogP contribution in [0.2, 0.25) is 13.6 Å². The van der Waals surface area contributed by atoms with Gasteiger partial charge in [0.15, 0.2) is 12.5 Å². The summed E-state index contributed by atoms with van der Waals surface area (Å²) in [6.07, 6.45) is 0. The van der Waals surface area contributed by atoms with E-state index in [1.54, 1.807) is 0 Å². The molecule has 0 aliphatic rings. The van der Waals surface area contributed by atoms with Gasteiger partial charge in [0, 0.05) is 11.1 Å². The molecule has 0 bridgehead atoms. The smallest absolute Gasteiger partial charge is 0.193 e. The van der Waals surface area contributed by atoms with Crippen LogP contribution in [0.1, 0.15) is 23.3 Å². The van der Waals surface area contributed by atoms with Gasteiger partial charge in [0.05, 0.1) is 0 Å². The zero-order valence-electron chi connectivity index (χ0n) is 13.5. The number of carbonyl (C=O) groups excluding carboxylic acids is 1. The Bertz CT molecular complexity index is 788. The van der Waals surface area contributed by atoms with Gasteiger partial charge in [-0.15, -0.1) is 0 Å². The predicted octanol–water partition coefficient (Wildman–Crippen LogP) is 5.18. The maximum atomic E-state index is 12.4. The van der Waals surface area contributed by atoms with E-state index in [1.165, 1.54) is 11.0 Å². The van der Waals surface area contributed by atoms with Gasteiger partial charge in [0.2, 0.25) is 0 Å². The van der Waals surface area contributed by atoms with Crippen molar-refractivity contribution in [3.05, 3.63) is 90.0 Å². The minimum atomic E-state index is 0. The van der Waals surface area contributed by atoms with E-state index in [2.05, 4.69) is 37.9 Å². The Kier molecular flexibility index (Phi) is 5.75. The van der Waals surface area contributed by atoms with Crippen molar-refractivity contribution >= 4 is 18.0 Å². The molecule has 0 saturated heterocycles. The highest BCUT2D eigenvalue weighted by atomic mass is 16.1. The van der Waals surface area contributed by atoms with Crippen molar-refractivity contribution in [1.29, 1.82) is 0 Å². The van der Waals surface area contributed by atoms with Crippen LogP contribution in [0.5, 0.6) is 0 Å². The highest BCUT2D eigenvalue weighted by Crippen LogP contribution is 2.20. The van der Waals surface area contributed by atoms with Gasteiger partial charge in [-0.2, -0.15) is 0 Å². The highest BCUT2D eigenvalue weighted by Gasteiger charge is 2.09. The van der Waals surface area contributed by atoms with Crippen LogP contribution in [-0.4, -0.2) is 12.5 Å². The summed E-state index contributed by atoms with van der Waals surface area (Å²) in [4.78, 5) is 12.4. The van der Waals surface area contributed by atoms with E-state index in [4.69, 9.17) is 0 Å². The standard InChI is InChI=1S/C21H19BO.CH4/c1-22(2)20-14-12-17(13-15-20)16-8-10-19(11-9-16)21(23)18-6-4-3-5-7-18;/h3-15H,1-2H3;1H4. The summed E-state index contributed by atoms with van der Waals surface area (Å²) in [5.74, 6) is 0.0623. The summed E-state index contributed by atoms with van der Waals surface area (Å²) in [7, 11) is 0. The van der Waals surface area contributed by atoms with Crippen molar-refractivity contribution in [3.63, 3.8) is 0 Å². The fourth-order valence-corrected chi connectivity index (χ4v) is 2.63. The number of hydrogen-bond acceptors (Lipinski definition) is 1. The first kappa shape index (κ1) is 17.7. The van der Waals surface area contributed by atoms with E-state index in [1.807, 2.05) is 54.6 Å². The molecule has 0 aromatic heterocycles. The Morgan fingerprint density at radius 1 is 0.667 bits per heavy atom. The molecule has 120 valence electrons. The minimum absolute atomic E-state index is 0. The maximum Gasteiger partial charge on any atom is 0.193 e. The monoisotopic (exact) mass is 314 g/mol. The first-order valence-electron chi connectivity index (χ1n) is 7.95. The van der Waals surface area contributed by atoms with Crippen LogP contribution in [0.25, 0.3) is 11.1 Å². The van der Waals surface area contributed by atoms with Gasteiger partial charge in [-0.25, -0.2) is 0 Å². The molecule has 0 amide bonds. The summed E-state index contributed by atoms with van der Waals surface area (Å²) in [6, 6.07) is 25.8. The summed E-state index contributed by atoms with van der Waals surface area (Å²) in [6.45, 7) is 4.92. The molecular formula is C22H23BO. The van der Waals surface area contributed by atoms with E-state index < -0.39 is 0 Å². The highest BCUT2D eigenvalue weighted by molar-refractivity contribution is 6.70. The average Bonchev–Trinajstić information content (AvgIpc) is 2.62. The normalized spacial score (nSPS) is 9.92. The zero-order valence-corrected chi connectivity index (χ0v) is 13.5. The quantitative estimate of drug-likeness (QED) is 0.479. The van der Waals surface area contributed by atoms with Crippen LogP contribution >= 0.6 is 0 Å². The molecule has 1 nitrogen and oxygen atoms in total. The molecule has 2 heteroatoms. The topological polar surface area (TPSA) is 17.1 Å². The maximum absolute atomic E-state index is 12.4. The molecule has 0 saturated carbocycles. The molecule has 24 heavy (non-hydrogen) atoms. The molecule has 0 N–H and O–H groups in total. The summed E-state index contributed by atoms with van der Waals surface area (Å²) in [5, 5.41) is 0. The molecule has 0 unspecified atom stereocenters. The summed E-state index contributed by atoms with van der Waals surface area (Å²) >= 11 is 0. The second kappa shape index (κ2) is 7.78. The lowest BCUT2D eigenvalue weighted by Gasteiger charge is -2.07. The van der Waals surface area contributed by atoms with Crippen LogP contribution < -0.4 is 5.46 Å². The van der Waals surface area contributed by atoms with Gasteiger partial charge in [0.1, 0.15) is 0 Å². The second-order valence-electron chi connectivity index (χ2n) is 6.05. The lowest BCUT2D eigenvalue weighted by molar-refractivity contribution is 0.103. The molecule has 0 aliphatic heterocycles. The van der Waals surface area contributed by atoms with Crippen LogP contribution in [0, 0.1) is 0 Å². The van der Waals surface area contributed by atoms with Gasteiger partial charge in [-0.1, -0.05) is 105 Å². The fraction of sp³-hybridized carbons (Fsp3) is 0.136. The summed E-state index contributed by atoms with van der Waals surface area (Å²) in [5.41, 5.74) is 5.09. The molecule has 3 aromatic rings. The van der Waals surface area contributed by atoms with Crippen LogP contribution in [0.3, 0.4) is 0 Å². The number of carbonyl (C=O) groups is 1. The van der Waals surface area contributed by atoms with Gasteiger partial charge < -0.3 is 0 Å². The molecule has 3 aromatic carbocycles. The summed E-state index contributed by atoms with van der Waals surface area (Å²) < 4.78 is 0. The first-order chi connectivity index (χ1) is 11.1. The number of benzene rings is 3. The number of rotatable bonds is 4. The van der Waals surface area contributed by atoms with Gasteiger partial charge in [-0.05, 0) is 11.1 Å². The Morgan fingerprint density at radius 3 is 1.62 bits per heavy atom. The Balaban J connectivity index is 0.00000208. The molecule has 0 spiro atoms. The van der Waals surface area contributed by atoms with Crippen molar-refractivity contribution < 1.29 is 4.79 Å². The van der Waals surface area contributed by atoms with E-state index in [-0.39, 0.29) is 13.2 Å². The van der Waals surface area contributed by atoms with Crippen molar-refractivity contribution in [2.75, 3.05) is 0 Å². The minimum Gasteiger partial charge on any atom is -0.289 e. The van der Waals surface area contributed by atoms with E-state index in [9.17, 15) is 4.79 Å². The molecule has 3 rings (SSSR count). The molecule has 0 heterocycles. The van der Waals surface area contributed by atoms with E-state index in [0.29, 0.717) is 6.71 Å². The predicted molar refractivity (Wildman–Crippen MR) is 106 cm³/mol. The third kappa shape index (κ3) is 3.83. The fourth-order valence-electron chi connectivity index (χ4n) is 2.63. The molecule has 0 atom stereocenters. The van der Waals surface area contributed by atoms with Crippen molar-refractivity contribution in [3.8, 4) is 11.1 Å². The largest absolute Gasteiger partial charge is 0.289 e. The SMILES string of the molecule is C.CB(C)c1ccc(-c2ccc(C(=O)c3ccccc3)cc2)cc1. The van der Waals surface area contributed by atoms with Crippen molar-refractivity contribution in [2.45, 2.75) is 21.1 Å². The Morgan fingerprint density at radius 2 is 1.12 bits per heavy atom. The third-order valence-corrected chi connectivity index (χ3v) is 4.09. The van der Waals surface area contributed by atoms with Gasteiger partial charge >= 0.3 is 0 Å². The first-order valence-corrected chi connectivity index (χ1v) is 7.95. The number of hydrogen-bond donors (Lipinski definition) is 0. The lowest BCUT2D eigenvalue weighted by Crippen LogP contribution is -2.21. The van der Waals surface area contributed by atoms with Gasteiger partial charge in [0.25, 0.3) is 0 Å². The average molecular weight is 314 g/mol. The van der Waals surface area contributed by atoms with E-state index in [0.717, 1.165) is 16.7 Å². The molecule has 0 radical (unpaired) electrons. The van der Waals surface area contributed by atoms with Crippen molar-refractivity contribution in [1.82, 2.24) is 0 Å². The molecule has 0 aliphatic carbocycles.